The minimum absolute atomic E-state index is 0.754. The Morgan fingerprint density at radius 1 is 1.20 bits per heavy atom. The number of hydrogen-bond acceptors (Lipinski definition) is 3. The molecular weight excluding hydrogens is 188 g/mol. The SMILES string of the molecule is CC1CNCCC1N(C)C1CCOCC1. The molecule has 2 heterocycles. The fraction of sp³-hybridized carbons (Fsp3) is 1.00. The van der Waals surface area contributed by atoms with Gasteiger partial charge in [-0.3, -0.25) is 4.90 Å². The highest BCUT2D eigenvalue weighted by Crippen LogP contribution is 2.22. The number of hydrogen-bond donors (Lipinski definition) is 1. The fourth-order valence-corrected chi connectivity index (χ4v) is 2.97. The third-order valence-electron chi connectivity index (χ3n) is 4.03. The van der Waals surface area contributed by atoms with Crippen molar-refractivity contribution in [1.29, 1.82) is 0 Å². The summed E-state index contributed by atoms with van der Waals surface area (Å²) in [6.45, 7) is 6.64. The van der Waals surface area contributed by atoms with Gasteiger partial charge in [0, 0.05) is 25.3 Å². The maximum atomic E-state index is 5.43. The lowest BCUT2D eigenvalue weighted by Crippen LogP contribution is -2.51. The standard InChI is InChI=1S/C12H24N2O/c1-10-9-13-6-3-12(10)14(2)11-4-7-15-8-5-11/h10-13H,3-9H2,1-2H3. The van der Waals surface area contributed by atoms with Crippen LogP contribution < -0.4 is 5.32 Å². The predicted molar refractivity (Wildman–Crippen MR) is 62.0 cm³/mol. The van der Waals surface area contributed by atoms with Crippen molar-refractivity contribution in [2.24, 2.45) is 5.92 Å². The Labute approximate surface area is 93.2 Å². The Morgan fingerprint density at radius 3 is 2.60 bits per heavy atom. The van der Waals surface area contributed by atoms with Gasteiger partial charge in [0.15, 0.2) is 0 Å². The van der Waals surface area contributed by atoms with Gasteiger partial charge in [0.05, 0.1) is 0 Å². The van der Waals surface area contributed by atoms with E-state index in [0.29, 0.717) is 0 Å². The van der Waals surface area contributed by atoms with Crippen molar-refractivity contribution in [3.05, 3.63) is 0 Å². The average Bonchev–Trinajstić information content (AvgIpc) is 2.30. The molecule has 3 heteroatoms. The van der Waals surface area contributed by atoms with Crippen molar-refractivity contribution in [2.75, 3.05) is 33.4 Å². The summed E-state index contributed by atoms with van der Waals surface area (Å²) in [4.78, 5) is 2.62. The molecule has 2 unspecified atom stereocenters. The normalized spacial score (nSPS) is 34.6. The zero-order chi connectivity index (χ0) is 10.7. The summed E-state index contributed by atoms with van der Waals surface area (Å²) in [7, 11) is 2.31. The van der Waals surface area contributed by atoms with Crippen molar-refractivity contribution in [3.63, 3.8) is 0 Å². The van der Waals surface area contributed by atoms with Gasteiger partial charge in [-0.05, 0) is 45.3 Å². The molecule has 0 aliphatic carbocycles. The van der Waals surface area contributed by atoms with E-state index >= 15 is 0 Å². The second-order valence-corrected chi connectivity index (χ2v) is 5.05. The lowest BCUT2D eigenvalue weighted by Gasteiger charge is -2.42. The van der Waals surface area contributed by atoms with E-state index in [0.717, 1.165) is 31.2 Å². The van der Waals surface area contributed by atoms with Crippen LogP contribution in [0, 0.1) is 5.92 Å². The zero-order valence-electron chi connectivity index (χ0n) is 10.0. The number of nitrogens with one attached hydrogen (secondary N) is 1. The number of nitrogens with zero attached hydrogens (tertiary/aromatic N) is 1. The Balaban J connectivity index is 1.89. The van der Waals surface area contributed by atoms with Crippen LogP contribution in [0.4, 0.5) is 0 Å². The van der Waals surface area contributed by atoms with Gasteiger partial charge in [-0.1, -0.05) is 6.92 Å². The van der Waals surface area contributed by atoms with Crippen LogP contribution in [-0.2, 0) is 4.74 Å². The van der Waals surface area contributed by atoms with Gasteiger partial charge in [0.1, 0.15) is 0 Å². The predicted octanol–water partition coefficient (Wildman–Crippen LogP) is 1.10. The molecule has 0 aromatic heterocycles. The number of rotatable bonds is 2. The molecule has 2 aliphatic rings. The van der Waals surface area contributed by atoms with Crippen LogP contribution in [0.15, 0.2) is 0 Å². The summed E-state index contributed by atoms with van der Waals surface area (Å²) in [5.74, 6) is 0.784. The smallest absolute Gasteiger partial charge is 0.0480 e. The molecule has 0 bridgehead atoms. The van der Waals surface area contributed by atoms with Crippen LogP contribution in [0.2, 0.25) is 0 Å². The molecule has 2 fully saturated rings. The molecule has 0 saturated carbocycles. The highest BCUT2D eigenvalue weighted by atomic mass is 16.5. The Kier molecular flexibility index (Phi) is 4.00. The monoisotopic (exact) mass is 212 g/mol. The molecule has 0 radical (unpaired) electrons. The summed E-state index contributed by atoms with van der Waals surface area (Å²) in [6.07, 6.45) is 3.73. The average molecular weight is 212 g/mol. The fourth-order valence-electron chi connectivity index (χ4n) is 2.97. The van der Waals surface area contributed by atoms with Crippen LogP contribution >= 0.6 is 0 Å². The van der Waals surface area contributed by atoms with E-state index in [-0.39, 0.29) is 0 Å². The molecule has 2 saturated heterocycles. The maximum Gasteiger partial charge on any atom is 0.0480 e. The van der Waals surface area contributed by atoms with Crippen molar-refractivity contribution >= 4 is 0 Å². The lowest BCUT2D eigenvalue weighted by molar-refractivity contribution is 0.0130. The number of ether oxygens (including phenoxy) is 1. The van der Waals surface area contributed by atoms with Crippen LogP contribution in [0.3, 0.4) is 0 Å². The van der Waals surface area contributed by atoms with E-state index in [2.05, 4.69) is 24.2 Å². The van der Waals surface area contributed by atoms with Gasteiger partial charge in [0.2, 0.25) is 0 Å². The van der Waals surface area contributed by atoms with Gasteiger partial charge in [-0.15, -0.1) is 0 Å². The van der Waals surface area contributed by atoms with E-state index in [1.807, 2.05) is 0 Å². The largest absolute Gasteiger partial charge is 0.381 e. The highest BCUT2D eigenvalue weighted by molar-refractivity contribution is 4.85. The summed E-state index contributed by atoms with van der Waals surface area (Å²) in [5, 5.41) is 3.47. The molecule has 2 aliphatic heterocycles. The van der Waals surface area contributed by atoms with Crippen molar-refractivity contribution in [1.82, 2.24) is 10.2 Å². The maximum absolute atomic E-state index is 5.43. The molecule has 2 rings (SSSR count). The van der Waals surface area contributed by atoms with Crippen LogP contribution in [-0.4, -0.2) is 50.3 Å². The Morgan fingerprint density at radius 2 is 1.93 bits per heavy atom. The molecule has 1 N–H and O–H groups in total. The summed E-state index contributed by atoms with van der Waals surface area (Å²) >= 11 is 0. The van der Waals surface area contributed by atoms with Crippen molar-refractivity contribution in [3.8, 4) is 0 Å². The molecule has 0 amide bonds. The molecule has 0 aromatic carbocycles. The van der Waals surface area contributed by atoms with E-state index < -0.39 is 0 Å². The van der Waals surface area contributed by atoms with Gasteiger partial charge >= 0.3 is 0 Å². The van der Waals surface area contributed by atoms with Gasteiger partial charge < -0.3 is 10.1 Å². The molecule has 2 atom stereocenters. The van der Waals surface area contributed by atoms with Gasteiger partial charge in [-0.2, -0.15) is 0 Å². The van der Waals surface area contributed by atoms with E-state index in [4.69, 9.17) is 4.74 Å². The first-order chi connectivity index (χ1) is 7.29. The van der Waals surface area contributed by atoms with Crippen LogP contribution in [0.25, 0.3) is 0 Å². The Hall–Kier alpha value is -0.120. The topological polar surface area (TPSA) is 24.5 Å². The third kappa shape index (κ3) is 2.71. The zero-order valence-corrected chi connectivity index (χ0v) is 10.0. The van der Waals surface area contributed by atoms with Crippen molar-refractivity contribution < 1.29 is 4.74 Å². The summed E-state index contributed by atoms with van der Waals surface area (Å²) in [6, 6.07) is 1.53. The van der Waals surface area contributed by atoms with Gasteiger partial charge in [0.25, 0.3) is 0 Å². The number of piperidine rings is 1. The summed E-state index contributed by atoms with van der Waals surface area (Å²) < 4.78 is 5.43. The quantitative estimate of drug-likeness (QED) is 0.742. The van der Waals surface area contributed by atoms with Gasteiger partial charge in [-0.25, -0.2) is 0 Å². The molecule has 0 aromatic rings. The van der Waals surface area contributed by atoms with Crippen molar-refractivity contribution in [2.45, 2.75) is 38.3 Å². The Bertz CT molecular complexity index is 192. The first kappa shape index (κ1) is 11.4. The van der Waals surface area contributed by atoms with E-state index in [9.17, 15) is 0 Å². The first-order valence-electron chi connectivity index (χ1n) is 6.29. The third-order valence-corrected chi connectivity index (χ3v) is 4.03. The molecule has 88 valence electrons. The highest BCUT2D eigenvalue weighted by Gasteiger charge is 2.29. The lowest BCUT2D eigenvalue weighted by atomic mass is 9.92. The minimum Gasteiger partial charge on any atom is -0.381 e. The summed E-state index contributed by atoms with van der Waals surface area (Å²) in [5.41, 5.74) is 0. The van der Waals surface area contributed by atoms with E-state index in [1.165, 1.54) is 32.4 Å². The second kappa shape index (κ2) is 5.28. The van der Waals surface area contributed by atoms with Crippen LogP contribution in [0.5, 0.6) is 0 Å². The molecule has 15 heavy (non-hydrogen) atoms. The molecule has 3 nitrogen and oxygen atoms in total. The molecule has 0 spiro atoms. The van der Waals surface area contributed by atoms with Crippen LogP contribution in [0.1, 0.15) is 26.2 Å². The molecular formula is C12H24N2O. The first-order valence-corrected chi connectivity index (χ1v) is 6.29. The minimum atomic E-state index is 0.754. The second-order valence-electron chi connectivity index (χ2n) is 5.05. The van der Waals surface area contributed by atoms with E-state index in [1.54, 1.807) is 0 Å².